The van der Waals surface area contributed by atoms with Gasteiger partial charge in [-0.3, -0.25) is 0 Å². The van der Waals surface area contributed by atoms with E-state index in [0.29, 0.717) is 0 Å². The molecular formula is C11H11ClFN. The Morgan fingerprint density at radius 3 is 2.50 bits per heavy atom. The highest BCUT2D eigenvalue weighted by atomic mass is 35.5. The lowest BCUT2D eigenvalue weighted by Crippen LogP contribution is -2.74. The lowest BCUT2D eigenvalue weighted by Gasteiger charge is -2.69. The van der Waals surface area contributed by atoms with Crippen LogP contribution in [0.15, 0.2) is 18.2 Å². The van der Waals surface area contributed by atoms with Crippen molar-refractivity contribution in [3.63, 3.8) is 0 Å². The van der Waals surface area contributed by atoms with Crippen molar-refractivity contribution in [2.45, 2.75) is 30.2 Å². The van der Waals surface area contributed by atoms with Crippen molar-refractivity contribution in [1.29, 1.82) is 0 Å². The fourth-order valence-corrected chi connectivity index (χ4v) is 3.39. The van der Waals surface area contributed by atoms with Crippen LogP contribution in [0.5, 0.6) is 0 Å². The monoisotopic (exact) mass is 211 g/mol. The van der Waals surface area contributed by atoms with Crippen LogP contribution in [0.4, 0.5) is 4.39 Å². The molecule has 14 heavy (non-hydrogen) atoms. The van der Waals surface area contributed by atoms with Crippen LogP contribution in [0.3, 0.4) is 0 Å². The lowest BCUT2D eigenvalue weighted by molar-refractivity contribution is -0.0590. The Hall–Kier alpha value is -0.600. The van der Waals surface area contributed by atoms with Crippen LogP contribution in [0.1, 0.15) is 24.8 Å². The van der Waals surface area contributed by atoms with E-state index in [1.807, 2.05) is 6.07 Å². The molecule has 0 saturated heterocycles. The first-order chi connectivity index (χ1) is 6.55. The first kappa shape index (κ1) is 8.69. The minimum Gasteiger partial charge on any atom is -0.325 e. The lowest BCUT2D eigenvalue weighted by atomic mass is 9.38. The zero-order valence-corrected chi connectivity index (χ0v) is 8.44. The van der Waals surface area contributed by atoms with E-state index in [4.69, 9.17) is 17.3 Å². The van der Waals surface area contributed by atoms with Gasteiger partial charge in [-0.2, -0.15) is 0 Å². The zero-order chi connectivity index (χ0) is 9.97. The van der Waals surface area contributed by atoms with E-state index < -0.39 is 0 Å². The molecule has 2 bridgehead atoms. The van der Waals surface area contributed by atoms with Gasteiger partial charge in [0.1, 0.15) is 5.82 Å². The summed E-state index contributed by atoms with van der Waals surface area (Å²) in [5, 5.41) is 0.286. The fraction of sp³-hybridized carbons (Fsp3) is 0.455. The predicted octanol–water partition coefficient (Wildman–Crippen LogP) is 2.61. The van der Waals surface area contributed by atoms with Crippen molar-refractivity contribution in [3.8, 4) is 0 Å². The predicted molar refractivity (Wildman–Crippen MR) is 53.9 cm³/mol. The van der Waals surface area contributed by atoms with Crippen LogP contribution >= 0.6 is 11.6 Å². The zero-order valence-electron chi connectivity index (χ0n) is 7.69. The summed E-state index contributed by atoms with van der Waals surface area (Å²) in [4.78, 5) is 0. The second kappa shape index (κ2) is 2.31. The van der Waals surface area contributed by atoms with Gasteiger partial charge in [0.25, 0.3) is 0 Å². The summed E-state index contributed by atoms with van der Waals surface area (Å²) in [6, 6.07) is 5.04. The van der Waals surface area contributed by atoms with E-state index in [9.17, 15) is 4.39 Å². The molecule has 4 rings (SSSR count). The maximum Gasteiger partial charge on any atom is 0.142 e. The number of benzene rings is 1. The summed E-state index contributed by atoms with van der Waals surface area (Å²) < 4.78 is 13.2. The van der Waals surface area contributed by atoms with E-state index >= 15 is 0 Å². The highest BCUT2D eigenvalue weighted by molar-refractivity contribution is 6.31. The van der Waals surface area contributed by atoms with E-state index in [1.54, 1.807) is 6.07 Å². The van der Waals surface area contributed by atoms with Gasteiger partial charge in [-0.25, -0.2) is 4.39 Å². The molecule has 1 nitrogen and oxygen atoms in total. The second-order valence-corrected chi connectivity index (χ2v) is 5.15. The maximum atomic E-state index is 13.2. The van der Waals surface area contributed by atoms with Crippen molar-refractivity contribution in [2.75, 3.05) is 0 Å². The summed E-state index contributed by atoms with van der Waals surface area (Å²) in [6.07, 6.45) is 2.88. The van der Waals surface area contributed by atoms with Crippen molar-refractivity contribution in [1.82, 2.24) is 0 Å². The third-order valence-corrected chi connectivity index (χ3v) is 3.98. The van der Waals surface area contributed by atoms with Gasteiger partial charge in [-0.05, 0) is 30.9 Å². The van der Waals surface area contributed by atoms with Gasteiger partial charge in [0, 0.05) is 11.0 Å². The minimum atomic E-state index is -0.319. The first-order valence-corrected chi connectivity index (χ1v) is 5.16. The Bertz CT molecular complexity index is 396. The summed E-state index contributed by atoms with van der Waals surface area (Å²) in [5.41, 5.74) is 7.05. The van der Waals surface area contributed by atoms with Crippen molar-refractivity contribution >= 4 is 11.6 Å². The van der Waals surface area contributed by atoms with E-state index in [1.165, 1.54) is 6.07 Å². The molecule has 0 spiro atoms. The molecule has 0 unspecified atom stereocenters. The summed E-state index contributed by atoms with van der Waals surface area (Å²) in [6.45, 7) is 0. The Morgan fingerprint density at radius 1 is 1.29 bits per heavy atom. The second-order valence-electron chi connectivity index (χ2n) is 4.77. The van der Waals surface area contributed by atoms with Gasteiger partial charge in [-0.1, -0.05) is 23.7 Å². The average molecular weight is 212 g/mol. The Labute approximate surface area is 87.1 Å². The Morgan fingerprint density at radius 2 is 1.93 bits per heavy atom. The summed E-state index contributed by atoms with van der Waals surface area (Å²) in [7, 11) is 0. The first-order valence-electron chi connectivity index (χ1n) is 4.78. The smallest absolute Gasteiger partial charge is 0.142 e. The fourth-order valence-electron chi connectivity index (χ4n) is 3.07. The van der Waals surface area contributed by atoms with Crippen LogP contribution in [-0.2, 0) is 5.41 Å². The molecule has 1 aromatic carbocycles. The molecule has 1 aromatic rings. The quantitative estimate of drug-likeness (QED) is 0.759. The molecule has 3 aliphatic rings. The summed E-state index contributed by atoms with van der Waals surface area (Å²) >= 11 is 5.94. The van der Waals surface area contributed by atoms with Crippen molar-refractivity contribution in [2.24, 2.45) is 5.73 Å². The molecule has 0 aliphatic heterocycles. The largest absolute Gasteiger partial charge is 0.325 e. The molecule has 2 N–H and O–H groups in total. The molecule has 3 fully saturated rings. The van der Waals surface area contributed by atoms with Crippen LogP contribution in [0, 0.1) is 5.82 Å². The number of hydrogen-bond acceptors (Lipinski definition) is 1. The van der Waals surface area contributed by atoms with Gasteiger partial charge < -0.3 is 5.73 Å². The normalized spacial score (nSPS) is 38.8. The van der Waals surface area contributed by atoms with E-state index in [2.05, 4.69) is 0 Å². The van der Waals surface area contributed by atoms with Crippen LogP contribution in [-0.4, -0.2) is 5.54 Å². The van der Waals surface area contributed by atoms with E-state index in [0.717, 1.165) is 24.8 Å². The molecular weight excluding hydrogens is 201 g/mol. The molecule has 74 valence electrons. The molecule has 0 heterocycles. The van der Waals surface area contributed by atoms with Gasteiger partial charge in [0.15, 0.2) is 0 Å². The van der Waals surface area contributed by atoms with Crippen LogP contribution in [0.25, 0.3) is 0 Å². The highest BCUT2D eigenvalue weighted by Gasteiger charge is 2.66. The van der Waals surface area contributed by atoms with Gasteiger partial charge in [-0.15, -0.1) is 0 Å². The number of nitrogens with two attached hydrogens (primary N) is 1. The summed E-state index contributed by atoms with van der Waals surface area (Å²) in [5.74, 6) is -0.319. The third-order valence-electron chi connectivity index (χ3n) is 3.59. The van der Waals surface area contributed by atoms with Gasteiger partial charge >= 0.3 is 0 Å². The third kappa shape index (κ3) is 0.882. The van der Waals surface area contributed by atoms with Crippen molar-refractivity contribution in [3.05, 3.63) is 34.6 Å². The number of halogens is 2. The van der Waals surface area contributed by atoms with Gasteiger partial charge in [0.2, 0.25) is 0 Å². The standard InChI is InChI=1S/C11H11ClFN/c12-9-7(2-1-3-8(9)13)10-4-11(14,5-10)6-10/h1-3H,4-6,14H2. The molecule has 0 amide bonds. The Balaban J connectivity index is 2.02. The minimum absolute atomic E-state index is 0.0373. The SMILES string of the molecule is NC12CC(c3cccc(F)c3Cl)(C1)C2. The molecule has 0 atom stereocenters. The Kier molecular flexibility index (Phi) is 1.43. The molecule has 3 saturated carbocycles. The van der Waals surface area contributed by atoms with E-state index in [-0.39, 0.29) is 21.8 Å². The molecule has 3 heteroatoms. The number of rotatable bonds is 1. The van der Waals surface area contributed by atoms with Gasteiger partial charge in [0.05, 0.1) is 5.02 Å². The van der Waals surface area contributed by atoms with Crippen molar-refractivity contribution < 1.29 is 4.39 Å². The molecule has 3 aliphatic carbocycles. The molecule has 0 radical (unpaired) electrons. The van der Waals surface area contributed by atoms with Crippen LogP contribution in [0.2, 0.25) is 5.02 Å². The topological polar surface area (TPSA) is 26.0 Å². The molecule has 0 aromatic heterocycles. The average Bonchev–Trinajstić information content (AvgIpc) is 2.03. The maximum absolute atomic E-state index is 13.2. The number of hydrogen-bond donors (Lipinski definition) is 1. The highest BCUT2D eigenvalue weighted by Crippen LogP contribution is 2.67. The van der Waals surface area contributed by atoms with Crippen LogP contribution < -0.4 is 5.73 Å².